The van der Waals surface area contributed by atoms with Crippen LogP contribution in [0.3, 0.4) is 0 Å². The van der Waals surface area contributed by atoms with Gasteiger partial charge >= 0.3 is 0 Å². The van der Waals surface area contributed by atoms with Crippen molar-refractivity contribution in [1.82, 2.24) is 15.2 Å². The summed E-state index contributed by atoms with van der Waals surface area (Å²) in [7, 11) is 0. The second-order valence-corrected chi connectivity index (χ2v) is 6.45. The quantitative estimate of drug-likeness (QED) is 0.742. The first-order chi connectivity index (χ1) is 10.6. The number of rotatable bonds is 7. The molecular formula is C18H32ClN3O. The Kier molecular flexibility index (Phi) is 8.71. The smallest absolute Gasteiger partial charge is 0.253 e. The number of aromatic nitrogens is 1. The summed E-state index contributed by atoms with van der Waals surface area (Å²) in [6.45, 7) is 8.89. The van der Waals surface area contributed by atoms with Crippen LogP contribution in [-0.2, 0) is 0 Å². The van der Waals surface area contributed by atoms with Crippen LogP contribution in [0.4, 0.5) is 0 Å². The summed E-state index contributed by atoms with van der Waals surface area (Å²) >= 11 is 0. The van der Waals surface area contributed by atoms with Crippen LogP contribution in [0.1, 0.15) is 73.2 Å². The lowest BCUT2D eigenvalue weighted by atomic mass is 9.95. The van der Waals surface area contributed by atoms with Crippen molar-refractivity contribution in [3.05, 3.63) is 23.0 Å². The first-order valence-corrected chi connectivity index (χ1v) is 8.82. The van der Waals surface area contributed by atoms with Crippen molar-refractivity contribution in [2.75, 3.05) is 19.6 Å². The van der Waals surface area contributed by atoms with Crippen molar-refractivity contribution in [3.63, 3.8) is 0 Å². The molecule has 1 heterocycles. The third-order valence-electron chi connectivity index (χ3n) is 4.68. The molecule has 2 rings (SSSR count). The van der Waals surface area contributed by atoms with Gasteiger partial charge in [-0.15, -0.1) is 12.4 Å². The zero-order valence-electron chi connectivity index (χ0n) is 14.8. The van der Waals surface area contributed by atoms with E-state index < -0.39 is 0 Å². The Bertz CT molecular complexity index is 493. The Morgan fingerprint density at radius 3 is 2.52 bits per heavy atom. The molecule has 1 fully saturated rings. The molecule has 0 aromatic carbocycles. The van der Waals surface area contributed by atoms with E-state index in [1.807, 2.05) is 0 Å². The van der Waals surface area contributed by atoms with Gasteiger partial charge in [-0.25, -0.2) is 0 Å². The normalized spacial score (nSPS) is 15.3. The first-order valence-electron chi connectivity index (χ1n) is 8.82. The molecule has 1 aliphatic rings. The molecule has 4 nitrogen and oxygen atoms in total. The molecule has 0 atom stereocenters. The molecule has 1 aromatic rings. The minimum Gasteiger partial charge on any atom is -0.351 e. The highest BCUT2D eigenvalue weighted by molar-refractivity contribution is 5.95. The number of amides is 1. The molecule has 5 heteroatoms. The van der Waals surface area contributed by atoms with Crippen LogP contribution >= 0.6 is 12.4 Å². The molecule has 1 saturated carbocycles. The molecule has 2 N–H and O–H groups in total. The van der Waals surface area contributed by atoms with Crippen molar-refractivity contribution in [3.8, 4) is 0 Å². The zero-order valence-corrected chi connectivity index (χ0v) is 15.6. The van der Waals surface area contributed by atoms with Crippen LogP contribution in [0.5, 0.6) is 0 Å². The van der Waals surface area contributed by atoms with E-state index in [1.165, 1.54) is 37.8 Å². The topological polar surface area (TPSA) is 46.1 Å². The molecule has 0 aliphatic heterocycles. The maximum Gasteiger partial charge on any atom is 0.253 e. The van der Waals surface area contributed by atoms with Gasteiger partial charge in [0.15, 0.2) is 0 Å². The van der Waals surface area contributed by atoms with Gasteiger partial charge in [-0.2, -0.15) is 0 Å². The molecule has 0 radical (unpaired) electrons. The van der Waals surface area contributed by atoms with E-state index in [0.29, 0.717) is 12.6 Å². The summed E-state index contributed by atoms with van der Waals surface area (Å²) in [5, 5.41) is 6.33. The molecule has 0 unspecified atom stereocenters. The molecule has 132 valence electrons. The number of halogens is 1. The van der Waals surface area contributed by atoms with Gasteiger partial charge in [-0.05, 0) is 45.7 Å². The molecule has 0 bridgehead atoms. The first kappa shape index (κ1) is 20.0. The van der Waals surface area contributed by atoms with Crippen molar-refractivity contribution in [1.29, 1.82) is 0 Å². The zero-order chi connectivity index (χ0) is 15.9. The predicted molar refractivity (Wildman–Crippen MR) is 98.8 cm³/mol. The van der Waals surface area contributed by atoms with E-state index in [1.54, 1.807) is 0 Å². The molecule has 0 saturated heterocycles. The van der Waals surface area contributed by atoms with Crippen molar-refractivity contribution in [2.45, 2.75) is 65.3 Å². The van der Waals surface area contributed by atoms with Crippen LogP contribution in [0, 0.1) is 13.8 Å². The van der Waals surface area contributed by atoms with Gasteiger partial charge in [0.2, 0.25) is 0 Å². The maximum atomic E-state index is 12.4. The van der Waals surface area contributed by atoms with Crippen LogP contribution < -0.4 is 10.6 Å². The Balaban J connectivity index is 0.00000264. The average Bonchev–Trinajstić information content (AvgIpc) is 2.82. The highest BCUT2D eigenvalue weighted by Gasteiger charge is 2.22. The van der Waals surface area contributed by atoms with E-state index in [0.717, 1.165) is 30.8 Å². The summed E-state index contributed by atoms with van der Waals surface area (Å²) in [6, 6.07) is 2.64. The lowest BCUT2D eigenvalue weighted by Gasteiger charge is -2.26. The highest BCUT2D eigenvalue weighted by atomic mass is 35.5. The number of carbonyl (C=O) groups excluding carboxylic acids is 1. The van der Waals surface area contributed by atoms with Gasteiger partial charge in [0.25, 0.3) is 5.91 Å². The second kappa shape index (κ2) is 9.99. The Labute approximate surface area is 146 Å². The van der Waals surface area contributed by atoms with Crippen LogP contribution in [-0.4, -0.2) is 30.1 Å². The fourth-order valence-electron chi connectivity index (χ4n) is 3.57. The summed E-state index contributed by atoms with van der Waals surface area (Å²) in [4.78, 5) is 12.4. The summed E-state index contributed by atoms with van der Waals surface area (Å²) < 4.78 is 2.39. The van der Waals surface area contributed by atoms with E-state index in [4.69, 9.17) is 0 Å². The van der Waals surface area contributed by atoms with E-state index in [2.05, 4.69) is 42.0 Å². The largest absolute Gasteiger partial charge is 0.351 e. The van der Waals surface area contributed by atoms with E-state index >= 15 is 0 Å². The fraction of sp³-hybridized carbons (Fsp3) is 0.722. The van der Waals surface area contributed by atoms with Gasteiger partial charge in [0, 0.05) is 30.5 Å². The van der Waals surface area contributed by atoms with Crippen LogP contribution in [0.15, 0.2) is 6.07 Å². The van der Waals surface area contributed by atoms with Crippen molar-refractivity contribution in [2.24, 2.45) is 0 Å². The summed E-state index contributed by atoms with van der Waals surface area (Å²) in [5.41, 5.74) is 3.20. The number of nitrogens with one attached hydrogen (secondary N) is 2. The molecule has 23 heavy (non-hydrogen) atoms. The predicted octanol–water partition coefficient (Wildman–Crippen LogP) is 3.76. The number of aryl methyl sites for hydroxylation is 1. The standard InChI is InChI=1S/C18H31N3O.ClH/c1-4-10-19-11-12-20-18(22)17-13-14(2)21(15(17)3)16-8-6-5-7-9-16;/h13,16,19H,4-12H2,1-3H3,(H,20,22);1H. The molecule has 1 amide bonds. The third-order valence-corrected chi connectivity index (χ3v) is 4.68. The molecule has 0 spiro atoms. The number of nitrogens with zero attached hydrogens (tertiary/aromatic N) is 1. The third kappa shape index (κ3) is 5.25. The van der Waals surface area contributed by atoms with Gasteiger partial charge in [0.1, 0.15) is 0 Å². The lowest BCUT2D eigenvalue weighted by Crippen LogP contribution is -2.32. The van der Waals surface area contributed by atoms with Crippen LogP contribution in [0.25, 0.3) is 0 Å². The van der Waals surface area contributed by atoms with Gasteiger partial charge in [-0.3, -0.25) is 4.79 Å². The average molecular weight is 342 g/mol. The SMILES string of the molecule is CCCNCCNC(=O)c1cc(C)n(C2CCCCC2)c1C.Cl. The summed E-state index contributed by atoms with van der Waals surface area (Å²) in [5.74, 6) is 0.0634. The molecule has 1 aromatic heterocycles. The van der Waals surface area contributed by atoms with Gasteiger partial charge in [-0.1, -0.05) is 26.2 Å². The Hall–Kier alpha value is -1.00. The number of hydrogen-bond donors (Lipinski definition) is 2. The summed E-state index contributed by atoms with van der Waals surface area (Å²) in [6.07, 6.45) is 7.60. The monoisotopic (exact) mass is 341 g/mol. The molecule has 1 aliphatic carbocycles. The van der Waals surface area contributed by atoms with Gasteiger partial charge < -0.3 is 15.2 Å². The Morgan fingerprint density at radius 1 is 1.17 bits per heavy atom. The van der Waals surface area contributed by atoms with Crippen molar-refractivity contribution >= 4 is 18.3 Å². The minimum atomic E-state index is 0. The lowest BCUT2D eigenvalue weighted by molar-refractivity contribution is 0.0953. The van der Waals surface area contributed by atoms with E-state index in [-0.39, 0.29) is 18.3 Å². The highest BCUT2D eigenvalue weighted by Crippen LogP contribution is 2.32. The maximum absolute atomic E-state index is 12.4. The van der Waals surface area contributed by atoms with Gasteiger partial charge in [0.05, 0.1) is 5.56 Å². The van der Waals surface area contributed by atoms with Crippen molar-refractivity contribution < 1.29 is 4.79 Å². The minimum absolute atomic E-state index is 0. The Morgan fingerprint density at radius 2 is 1.87 bits per heavy atom. The fourth-order valence-corrected chi connectivity index (χ4v) is 3.57. The number of hydrogen-bond acceptors (Lipinski definition) is 2. The number of carbonyl (C=O) groups is 1. The van der Waals surface area contributed by atoms with E-state index in [9.17, 15) is 4.79 Å². The van der Waals surface area contributed by atoms with Crippen LogP contribution in [0.2, 0.25) is 0 Å². The second-order valence-electron chi connectivity index (χ2n) is 6.45. The molecular weight excluding hydrogens is 310 g/mol.